The number of carbonyl (C=O) groups is 1. The van der Waals surface area contributed by atoms with Gasteiger partial charge in [-0.25, -0.2) is 13.1 Å². The van der Waals surface area contributed by atoms with Crippen LogP contribution in [0.5, 0.6) is 0 Å². The van der Waals surface area contributed by atoms with Gasteiger partial charge in [0, 0.05) is 6.04 Å². The Morgan fingerprint density at radius 2 is 1.91 bits per heavy atom. The van der Waals surface area contributed by atoms with E-state index in [4.69, 9.17) is 0 Å². The van der Waals surface area contributed by atoms with Gasteiger partial charge in [-0.05, 0) is 48.1 Å². The molecule has 0 heterocycles. The van der Waals surface area contributed by atoms with Gasteiger partial charge in [0.1, 0.15) is 0 Å². The summed E-state index contributed by atoms with van der Waals surface area (Å²) < 4.78 is 27.8. The van der Waals surface area contributed by atoms with Crippen LogP contribution in [0.25, 0.3) is 0 Å². The maximum Gasteiger partial charge on any atom is 0.241 e. The number of carboxylic acid groups (broad SMARTS) is 1. The molecule has 2 aromatic carbocycles. The van der Waals surface area contributed by atoms with E-state index in [1.165, 1.54) is 18.2 Å². The van der Waals surface area contributed by atoms with E-state index in [1.54, 1.807) is 0 Å². The third kappa shape index (κ3) is 3.28. The SMILES string of the molecule is O=C([O-])c1cccc(S(=O)(=O)N[C@@H]2CCCc3ccccc32)c1. The van der Waals surface area contributed by atoms with Gasteiger partial charge < -0.3 is 9.90 Å². The standard InChI is InChI=1S/C17H17NO4S/c19-17(20)13-7-3-8-14(11-13)23(21,22)18-16-10-4-6-12-5-1-2-9-15(12)16/h1-3,5,7-9,11,16,18H,4,6,10H2,(H,19,20)/p-1/t16-/m1/s1. The number of fused-ring (bicyclic) bond motifs is 1. The normalized spacial score (nSPS) is 17.5. The van der Waals surface area contributed by atoms with Crippen molar-refractivity contribution in [3.63, 3.8) is 0 Å². The summed E-state index contributed by atoms with van der Waals surface area (Å²) in [6.45, 7) is 0. The highest BCUT2D eigenvalue weighted by molar-refractivity contribution is 7.89. The fourth-order valence-corrected chi connectivity index (χ4v) is 4.22. The van der Waals surface area contributed by atoms with Crippen molar-refractivity contribution in [3.05, 3.63) is 65.2 Å². The number of carbonyl (C=O) groups excluding carboxylic acids is 1. The van der Waals surface area contributed by atoms with Crippen molar-refractivity contribution in [2.75, 3.05) is 0 Å². The summed E-state index contributed by atoms with van der Waals surface area (Å²) in [5, 5.41) is 10.9. The molecule has 2 aromatic rings. The summed E-state index contributed by atoms with van der Waals surface area (Å²) >= 11 is 0. The van der Waals surface area contributed by atoms with Crippen molar-refractivity contribution in [2.45, 2.75) is 30.2 Å². The van der Waals surface area contributed by atoms with Crippen molar-refractivity contribution < 1.29 is 18.3 Å². The minimum Gasteiger partial charge on any atom is -0.545 e. The van der Waals surface area contributed by atoms with E-state index >= 15 is 0 Å². The molecule has 0 aliphatic heterocycles. The number of benzene rings is 2. The molecule has 0 unspecified atom stereocenters. The second-order valence-corrected chi connectivity index (χ2v) is 7.29. The van der Waals surface area contributed by atoms with E-state index in [0.717, 1.165) is 36.5 Å². The minimum atomic E-state index is -3.80. The monoisotopic (exact) mass is 330 g/mol. The molecule has 0 saturated carbocycles. The van der Waals surface area contributed by atoms with E-state index in [2.05, 4.69) is 4.72 Å². The zero-order valence-corrected chi connectivity index (χ0v) is 13.2. The second kappa shape index (κ2) is 6.14. The predicted molar refractivity (Wildman–Crippen MR) is 83.2 cm³/mol. The average molecular weight is 330 g/mol. The first-order valence-corrected chi connectivity index (χ1v) is 8.87. The smallest absolute Gasteiger partial charge is 0.241 e. The first-order chi connectivity index (χ1) is 11.0. The maximum atomic E-state index is 12.6. The van der Waals surface area contributed by atoms with Gasteiger partial charge in [-0.2, -0.15) is 0 Å². The molecular weight excluding hydrogens is 314 g/mol. The third-order valence-corrected chi connectivity index (χ3v) is 5.52. The Labute approximate surface area is 135 Å². The van der Waals surface area contributed by atoms with Crippen LogP contribution in [0.2, 0.25) is 0 Å². The summed E-state index contributed by atoms with van der Waals surface area (Å²) in [4.78, 5) is 10.8. The Morgan fingerprint density at radius 3 is 2.70 bits per heavy atom. The molecule has 0 bridgehead atoms. The Morgan fingerprint density at radius 1 is 1.13 bits per heavy atom. The fourth-order valence-electron chi connectivity index (χ4n) is 2.92. The lowest BCUT2D eigenvalue weighted by molar-refractivity contribution is -0.255. The number of aromatic carboxylic acids is 1. The summed E-state index contributed by atoms with van der Waals surface area (Å²) in [7, 11) is -3.80. The van der Waals surface area contributed by atoms with E-state index < -0.39 is 16.0 Å². The van der Waals surface area contributed by atoms with Crippen molar-refractivity contribution in [2.24, 2.45) is 0 Å². The molecule has 1 aliphatic rings. The van der Waals surface area contributed by atoms with Gasteiger partial charge in [-0.15, -0.1) is 0 Å². The number of carboxylic acids is 1. The first-order valence-electron chi connectivity index (χ1n) is 7.39. The molecule has 3 rings (SSSR count). The van der Waals surface area contributed by atoms with Crippen LogP contribution in [0.3, 0.4) is 0 Å². The topological polar surface area (TPSA) is 86.3 Å². The van der Waals surface area contributed by atoms with Gasteiger partial charge in [0.15, 0.2) is 0 Å². The molecule has 6 heteroatoms. The largest absolute Gasteiger partial charge is 0.545 e. The first kappa shape index (κ1) is 15.7. The molecule has 0 fully saturated rings. The Hall–Kier alpha value is -2.18. The summed E-state index contributed by atoms with van der Waals surface area (Å²) in [5.41, 5.74) is 1.98. The van der Waals surface area contributed by atoms with Crippen LogP contribution in [-0.2, 0) is 16.4 Å². The number of nitrogens with one attached hydrogen (secondary N) is 1. The molecule has 23 heavy (non-hydrogen) atoms. The predicted octanol–water partition coefficient (Wildman–Crippen LogP) is 1.41. The fraction of sp³-hybridized carbons (Fsp3) is 0.235. The molecule has 1 atom stereocenters. The number of hydrogen-bond donors (Lipinski definition) is 1. The zero-order valence-electron chi connectivity index (χ0n) is 12.4. The summed E-state index contributed by atoms with van der Waals surface area (Å²) in [6, 6.07) is 12.7. The number of hydrogen-bond acceptors (Lipinski definition) is 4. The molecule has 1 N–H and O–H groups in total. The summed E-state index contributed by atoms with van der Waals surface area (Å²) in [6.07, 6.45) is 2.56. The van der Waals surface area contributed by atoms with Crippen molar-refractivity contribution in [3.8, 4) is 0 Å². The van der Waals surface area contributed by atoms with Gasteiger partial charge in [0.2, 0.25) is 10.0 Å². The highest BCUT2D eigenvalue weighted by Crippen LogP contribution is 2.30. The van der Waals surface area contributed by atoms with E-state index in [1.807, 2.05) is 24.3 Å². The van der Waals surface area contributed by atoms with Crippen LogP contribution < -0.4 is 9.83 Å². The van der Waals surface area contributed by atoms with E-state index in [9.17, 15) is 18.3 Å². The third-order valence-electron chi connectivity index (χ3n) is 4.05. The molecule has 120 valence electrons. The van der Waals surface area contributed by atoms with E-state index in [-0.39, 0.29) is 16.5 Å². The van der Waals surface area contributed by atoms with Crippen LogP contribution in [0, 0.1) is 0 Å². The zero-order chi connectivity index (χ0) is 16.4. The van der Waals surface area contributed by atoms with Gasteiger partial charge in [-0.3, -0.25) is 0 Å². The van der Waals surface area contributed by atoms with Crippen LogP contribution in [0.1, 0.15) is 40.4 Å². The van der Waals surface area contributed by atoms with Crippen LogP contribution in [0.4, 0.5) is 0 Å². The number of aryl methyl sites for hydroxylation is 1. The Balaban J connectivity index is 1.91. The van der Waals surface area contributed by atoms with Crippen LogP contribution >= 0.6 is 0 Å². The number of rotatable bonds is 4. The average Bonchev–Trinajstić information content (AvgIpc) is 2.55. The molecule has 0 saturated heterocycles. The lowest BCUT2D eigenvalue weighted by atomic mass is 9.88. The molecule has 1 aliphatic carbocycles. The molecule has 0 spiro atoms. The molecule has 0 radical (unpaired) electrons. The Bertz CT molecular complexity index is 845. The van der Waals surface area contributed by atoms with Crippen molar-refractivity contribution in [1.82, 2.24) is 4.72 Å². The van der Waals surface area contributed by atoms with Crippen LogP contribution in [0.15, 0.2) is 53.4 Å². The Kier molecular flexibility index (Phi) is 4.19. The molecule has 5 nitrogen and oxygen atoms in total. The van der Waals surface area contributed by atoms with Gasteiger partial charge in [0.05, 0.1) is 10.9 Å². The lowest BCUT2D eigenvalue weighted by Crippen LogP contribution is -2.31. The highest BCUT2D eigenvalue weighted by atomic mass is 32.2. The number of sulfonamides is 1. The maximum absolute atomic E-state index is 12.6. The van der Waals surface area contributed by atoms with Gasteiger partial charge >= 0.3 is 0 Å². The van der Waals surface area contributed by atoms with Gasteiger partial charge in [0.25, 0.3) is 0 Å². The molecular formula is C17H16NO4S-. The minimum absolute atomic E-state index is 0.0674. The summed E-state index contributed by atoms with van der Waals surface area (Å²) in [5.74, 6) is -1.40. The lowest BCUT2D eigenvalue weighted by Gasteiger charge is -2.26. The van der Waals surface area contributed by atoms with Crippen molar-refractivity contribution in [1.29, 1.82) is 0 Å². The highest BCUT2D eigenvalue weighted by Gasteiger charge is 2.25. The van der Waals surface area contributed by atoms with E-state index in [0.29, 0.717) is 0 Å². The quantitative estimate of drug-likeness (QED) is 0.918. The molecule has 0 aromatic heterocycles. The molecule has 0 amide bonds. The van der Waals surface area contributed by atoms with Gasteiger partial charge in [-0.1, -0.05) is 36.4 Å². The van der Waals surface area contributed by atoms with Crippen LogP contribution in [-0.4, -0.2) is 14.4 Å². The second-order valence-electron chi connectivity index (χ2n) is 5.58. The van der Waals surface area contributed by atoms with Crippen molar-refractivity contribution >= 4 is 16.0 Å².